The van der Waals surface area contributed by atoms with Gasteiger partial charge in [0.15, 0.2) is 0 Å². The second-order valence-electron chi connectivity index (χ2n) is 4.01. The Bertz CT molecular complexity index is 648. The number of aromatic hydroxyl groups is 4. The molecule has 2 rings (SSSR count). The van der Waals surface area contributed by atoms with Crippen LogP contribution < -0.4 is 0 Å². The molecule has 124 valence electrons. The summed E-state index contributed by atoms with van der Waals surface area (Å²) in [6, 6.07) is 6.61. The van der Waals surface area contributed by atoms with E-state index < -0.39 is 23.4 Å². The van der Waals surface area contributed by atoms with Gasteiger partial charge >= 0.3 is 11.9 Å². The molecule has 8 N–H and O–H groups in total. The third kappa shape index (κ3) is 5.44. The summed E-state index contributed by atoms with van der Waals surface area (Å²) in [7, 11) is 0. The van der Waals surface area contributed by atoms with Crippen molar-refractivity contribution in [2.75, 3.05) is 0 Å². The highest BCUT2D eigenvalue weighted by Gasteiger charge is 2.09. The van der Waals surface area contributed by atoms with Gasteiger partial charge in [0.25, 0.3) is 0 Å². The molecule has 9 nitrogen and oxygen atoms in total. The van der Waals surface area contributed by atoms with Gasteiger partial charge < -0.3 is 36.1 Å². The SMILES string of the molecule is O.O=C(O)c1ccc(O)cc1O.O=C(O)c1ccc(O)cc1O. The van der Waals surface area contributed by atoms with E-state index in [9.17, 15) is 9.59 Å². The topological polar surface area (TPSA) is 187 Å². The first-order valence-corrected chi connectivity index (χ1v) is 5.73. The summed E-state index contributed by atoms with van der Waals surface area (Å²) >= 11 is 0. The molecule has 0 heterocycles. The number of hydrogen-bond donors (Lipinski definition) is 6. The van der Waals surface area contributed by atoms with Gasteiger partial charge in [-0.25, -0.2) is 9.59 Å². The summed E-state index contributed by atoms with van der Waals surface area (Å²) in [6.07, 6.45) is 0. The maximum absolute atomic E-state index is 10.3. The van der Waals surface area contributed by atoms with Crippen molar-refractivity contribution in [3.8, 4) is 23.0 Å². The van der Waals surface area contributed by atoms with Crippen molar-refractivity contribution in [2.45, 2.75) is 0 Å². The predicted octanol–water partition coefficient (Wildman–Crippen LogP) is 0.767. The summed E-state index contributed by atoms with van der Waals surface area (Å²) < 4.78 is 0. The summed E-state index contributed by atoms with van der Waals surface area (Å²) in [6.45, 7) is 0. The molecule has 0 fully saturated rings. The summed E-state index contributed by atoms with van der Waals surface area (Å²) in [4.78, 5) is 20.6. The molecule has 0 radical (unpaired) electrons. The first kappa shape index (κ1) is 19.5. The Hall–Kier alpha value is -3.46. The van der Waals surface area contributed by atoms with E-state index in [0.29, 0.717) is 0 Å². The van der Waals surface area contributed by atoms with Crippen molar-refractivity contribution in [3.63, 3.8) is 0 Å². The molecule has 0 aliphatic rings. The number of aromatic carboxylic acids is 2. The van der Waals surface area contributed by atoms with Gasteiger partial charge in [-0.15, -0.1) is 0 Å². The van der Waals surface area contributed by atoms with Crippen molar-refractivity contribution in [1.29, 1.82) is 0 Å². The molecule has 0 aromatic heterocycles. The van der Waals surface area contributed by atoms with E-state index >= 15 is 0 Å². The van der Waals surface area contributed by atoms with E-state index in [1.807, 2.05) is 0 Å². The molecule has 0 amide bonds. The molecule has 0 aliphatic carbocycles. The summed E-state index contributed by atoms with van der Waals surface area (Å²) in [5.41, 5.74) is -0.439. The lowest BCUT2D eigenvalue weighted by molar-refractivity contribution is 0.0682. The maximum atomic E-state index is 10.3. The van der Waals surface area contributed by atoms with Gasteiger partial charge in [-0.1, -0.05) is 0 Å². The highest BCUT2D eigenvalue weighted by atomic mass is 16.4. The van der Waals surface area contributed by atoms with E-state index in [1.165, 1.54) is 12.1 Å². The van der Waals surface area contributed by atoms with Crippen LogP contribution in [-0.4, -0.2) is 48.1 Å². The zero-order valence-corrected chi connectivity index (χ0v) is 11.5. The van der Waals surface area contributed by atoms with Crippen LogP contribution in [0.15, 0.2) is 36.4 Å². The van der Waals surface area contributed by atoms with Crippen LogP contribution in [0.3, 0.4) is 0 Å². The average molecular weight is 326 g/mol. The van der Waals surface area contributed by atoms with Crippen molar-refractivity contribution in [1.82, 2.24) is 0 Å². The lowest BCUT2D eigenvalue weighted by Gasteiger charge is -1.98. The molecule has 0 spiro atoms. The number of carboxylic acids is 2. The number of carboxylic acid groups (broad SMARTS) is 2. The Morgan fingerprint density at radius 1 is 0.652 bits per heavy atom. The minimum Gasteiger partial charge on any atom is -0.508 e. The summed E-state index contributed by atoms with van der Waals surface area (Å²) in [5, 5.41) is 52.2. The quantitative estimate of drug-likeness (QED) is 0.466. The maximum Gasteiger partial charge on any atom is 0.339 e. The van der Waals surface area contributed by atoms with Crippen LogP contribution in [0.5, 0.6) is 23.0 Å². The lowest BCUT2D eigenvalue weighted by atomic mass is 10.2. The number of carbonyl (C=O) groups is 2. The minimum atomic E-state index is -1.22. The lowest BCUT2D eigenvalue weighted by Crippen LogP contribution is -1.95. The average Bonchev–Trinajstić information content (AvgIpc) is 2.38. The van der Waals surface area contributed by atoms with E-state index in [4.69, 9.17) is 30.6 Å². The third-order valence-corrected chi connectivity index (χ3v) is 2.42. The Balaban J connectivity index is 0.000000403. The molecule has 0 bridgehead atoms. The number of phenols is 4. The van der Waals surface area contributed by atoms with Crippen LogP contribution in [0.25, 0.3) is 0 Å². The van der Waals surface area contributed by atoms with E-state index in [2.05, 4.69) is 0 Å². The molecule has 9 heteroatoms. The molecule has 0 saturated carbocycles. The molecule has 23 heavy (non-hydrogen) atoms. The normalized spacial score (nSPS) is 9.04. The molecule has 0 atom stereocenters. The van der Waals surface area contributed by atoms with Gasteiger partial charge in [0.05, 0.1) is 0 Å². The minimum absolute atomic E-state index is 0. The van der Waals surface area contributed by atoms with Gasteiger partial charge in [-0.3, -0.25) is 0 Å². The third-order valence-electron chi connectivity index (χ3n) is 2.42. The van der Waals surface area contributed by atoms with Gasteiger partial charge in [0.2, 0.25) is 0 Å². The predicted molar refractivity (Wildman–Crippen MR) is 77.1 cm³/mol. The van der Waals surface area contributed by atoms with Gasteiger partial charge in [0, 0.05) is 12.1 Å². The first-order valence-electron chi connectivity index (χ1n) is 5.73. The smallest absolute Gasteiger partial charge is 0.339 e. The fourth-order valence-electron chi connectivity index (χ4n) is 1.40. The summed E-state index contributed by atoms with van der Waals surface area (Å²) in [5.74, 6) is -3.62. The highest BCUT2D eigenvalue weighted by Crippen LogP contribution is 2.22. The first-order chi connectivity index (χ1) is 10.2. The molecule has 0 unspecified atom stereocenters. The Kier molecular flexibility index (Phi) is 6.88. The van der Waals surface area contributed by atoms with Crippen molar-refractivity contribution < 1.29 is 45.7 Å². The van der Waals surface area contributed by atoms with Crippen LogP contribution in [0.4, 0.5) is 0 Å². The van der Waals surface area contributed by atoms with Crippen LogP contribution in [-0.2, 0) is 0 Å². The van der Waals surface area contributed by atoms with Crippen LogP contribution >= 0.6 is 0 Å². The number of hydrogen-bond acceptors (Lipinski definition) is 6. The number of benzene rings is 2. The van der Waals surface area contributed by atoms with Crippen LogP contribution in [0.2, 0.25) is 0 Å². The van der Waals surface area contributed by atoms with E-state index in [1.54, 1.807) is 0 Å². The molecule has 2 aromatic rings. The van der Waals surface area contributed by atoms with Gasteiger partial charge in [-0.2, -0.15) is 0 Å². The van der Waals surface area contributed by atoms with Crippen molar-refractivity contribution >= 4 is 11.9 Å². The number of phenolic OH excluding ortho intramolecular Hbond substituents is 2. The Morgan fingerprint density at radius 2 is 0.957 bits per heavy atom. The largest absolute Gasteiger partial charge is 0.508 e. The Morgan fingerprint density at radius 3 is 1.17 bits per heavy atom. The zero-order valence-electron chi connectivity index (χ0n) is 11.5. The molecule has 2 aromatic carbocycles. The second kappa shape index (κ2) is 8.10. The molecule has 0 aliphatic heterocycles. The van der Waals surface area contributed by atoms with E-state index in [-0.39, 0.29) is 28.1 Å². The highest BCUT2D eigenvalue weighted by molar-refractivity contribution is 5.91. The van der Waals surface area contributed by atoms with E-state index in [0.717, 1.165) is 24.3 Å². The Labute approximate surface area is 129 Å². The molecule has 0 saturated heterocycles. The fraction of sp³-hybridized carbons (Fsp3) is 0. The monoisotopic (exact) mass is 326 g/mol. The van der Waals surface area contributed by atoms with Crippen molar-refractivity contribution in [3.05, 3.63) is 47.5 Å². The molecular formula is C14H14O9. The van der Waals surface area contributed by atoms with Gasteiger partial charge in [-0.05, 0) is 24.3 Å². The fourth-order valence-corrected chi connectivity index (χ4v) is 1.40. The van der Waals surface area contributed by atoms with Crippen molar-refractivity contribution in [2.24, 2.45) is 0 Å². The molecular weight excluding hydrogens is 312 g/mol. The van der Waals surface area contributed by atoms with Crippen LogP contribution in [0.1, 0.15) is 20.7 Å². The van der Waals surface area contributed by atoms with Crippen LogP contribution in [0, 0.1) is 0 Å². The number of rotatable bonds is 2. The standard InChI is InChI=1S/2C7H6O4.H2O/c2*8-4-1-2-5(7(10)11)6(9)3-4;/h2*1-3,8-9H,(H,10,11);1H2. The second-order valence-corrected chi connectivity index (χ2v) is 4.01. The van der Waals surface area contributed by atoms with Gasteiger partial charge in [0.1, 0.15) is 34.1 Å². The zero-order chi connectivity index (χ0) is 16.9.